The van der Waals surface area contributed by atoms with Crippen molar-refractivity contribution < 1.29 is 4.39 Å². The number of hydrazine groups is 1. The molecule has 0 radical (unpaired) electrons. The number of piperazine rings is 1. The topological polar surface area (TPSA) is 68.9 Å². The highest BCUT2D eigenvalue weighted by molar-refractivity contribution is 5.59. The Hall–Kier alpha value is -2.64. The molecule has 1 atom stereocenters. The van der Waals surface area contributed by atoms with Crippen molar-refractivity contribution >= 4 is 6.34 Å². The first kappa shape index (κ1) is 19.1. The highest BCUT2D eigenvalue weighted by Crippen LogP contribution is 2.39. The zero-order chi connectivity index (χ0) is 19.4. The Morgan fingerprint density at radius 1 is 1.26 bits per heavy atom. The van der Waals surface area contributed by atoms with E-state index >= 15 is 0 Å². The van der Waals surface area contributed by atoms with Gasteiger partial charge in [-0.05, 0) is 37.7 Å². The number of hydrogen-bond acceptors (Lipinski definition) is 5. The van der Waals surface area contributed by atoms with E-state index in [1.54, 1.807) is 18.2 Å². The van der Waals surface area contributed by atoms with E-state index in [1.807, 2.05) is 6.08 Å². The van der Waals surface area contributed by atoms with Gasteiger partial charge in [0.25, 0.3) is 0 Å². The number of likely N-dealkylation sites (N-methyl/N-ethyl adjacent to an activating group) is 1. The quantitative estimate of drug-likeness (QED) is 0.418. The lowest BCUT2D eigenvalue weighted by Gasteiger charge is -2.35. The van der Waals surface area contributed by atoms with Crippen LogP contribution >= 0.6 is 0 Å². The van der Waals surface area contributed by atoms with Crippen LogP contribution in [0, 0.1) is 5.82 Å². The van der Waals surface area contributed by atoms with Crippen LogP contribution in [0.1, 0.15) is 12.5 Å². The van der Waals surface area contributed by atoms with Gasteiger partial charge in [-0.3, -0.25) is 0 Å². The molecular weight excluding hydrogens is 343 g/mol. The van der Waals surface area contributed by atoms with Crippen LogP contribution < -0.4 is 16.6 Å². The van der Waals surface area contributed by atoms with Crippen molar-refractivity contribution in [3.8, 4) is 0 Å². The molecule has 0 saturated carbocycles. The molecule has 2 aliphatic rings. The third kappa shape index (κ3) is 3.74. The molecule has 1 saturated heterocycles. The summed E-state index contributed by atoms with van der Waals surface area (Å²) in [6.45, 7) is 9.62. The molecule has 27 heavy (non-hydrogen) atoms. The highest BCUT2D eigenvalue weighted by Gasteiger charge is 2.42. The van der Waals surface area contributed by atoms with E-state index in [-0.39, 0.29) is 5.82 Å². The number of nitrogens with zero attached hydrogens (tertiary/aromatic N) is 3. The number of rotatable bonds is 5. The SMILES string of the molecule is C=C/C=C(\N=C/N)C1=C(N2CCN(C)CC2)NNC1(C)c1ccc(F)cc1. The number of benzene rings is 1. The number of nitrogens with two attached hydrogens (primary N) is 1. The van der Waals surface area contributed by atoms with E-state index in [2.05, 4.69) is 46.2 Å². The third-order valence-electron chi connectivity index (χ3n) is 5.15. The number of nitrogens with one attached hydrogen (secondary N) is 2. The number of halogens is 1. The molecular formula is C20H27FN6. The third-order valence-corrected chi connectivity index (χ3v) is 5.15. The predicted molar refractivity (Wildman–Crippen MR) is 107 cm³/mol. The molecule has 0 bridgehead atoms. The summed E-state index contributed by atoms with van der Waals surface area (Å²) in [7, 11) is 2.12. The second-order valence-electron chi connectivity index (χ2n) is 6.96. The average Bonchev–Trinajstić information content (AvgIpc) is 3.01. The molecule has 0 spiro atoms. The zero-order valence-electron chi connectivity index (χ0n) is 15.9. The minimum atomic E-state index is -0.603. The van der Waals surface area contributed by atoms with Gasteiger partial charge in [-0.1, -0.05) is 24.8 Å². The van der Waals surface area contributed by atoms with E-state index < -0.39 is 5.54 Å². The fraction of sp³-hybridized carbons (Fsp3) is 0.350. The van der Waals surface area contributed by atoms with Crippen molar-refractivity contribution in [3.63, 3.8) is 0 Å². The largest absolute Gasteiger partial charge is 0.390 e. The van der Waals surface area contributed by atoms with Gasteiger partial charge >= 0.3 is 0 Å². The first-order valence-corrected chi connectivity index (χ1v) is 9.04. The number of allylic oxidation sites excluding steroid dienone is 2. The molecule has 7 heteroatoms. The Morgan fingerprint density at radius 3 is 2.52 bits per heavy atom. The first-order chi connectivity index (χ1) is 13.0. The van der Waals surface area contributed by atoms with Crippen LogP contribution in [-0.2, 0) is 5.54 Å². The molecule has 1 aromatic carbocycles. The Bertz CT molecular complexity index is 774. The minimum Gasteiger partial charge on any atom is -0.390 e. The van der Waals surface area contributed by atoms with Gasteiger partial charge in [-0.25, -0.2) is 14.8 Å². The van der Waals surface area contributed by atoms with Crippen LogP contribution in [0.15, 0.2) is 65.1 Å². The maximum atomic E-state index is 13.5. The smallest absolute Gasteiger partial charge is 0.124 e. The van der Waals surface area contributed by atoms with E-state index in [0.29, 0.717) is 5.70 Å². The van der Waals surface area contributed by atoms with Crippen molar-refractivity contribution in [3.05, 3.63) is 71.5 Å². The van der Waals surface area contributed by atoms with Crippen molar-refractivity contribution in [1.29, 1.82) is 0 Å². The van der Waals surface area contributed by atoms with Gasteiger partial charge in [-0.15, -0.1) is 0 Å². The number of aliphatic imine (C=N–C) groups is 1. The molecule has 144 valence electrons. The monoisotopic (exact) mass is 370 g/mol. The molecule has 2 aliphatic heterocycles. The standard InChI is InChI=1S/C20H27FN6/c1-4-5-17(23-14-22)18-19(27-12-10-26(3)11-13-27)24-25-20(18,2)15-6-8-16(21)9-7-15/h4-9,14,24-25H,1,10-13H2,2-3H3,(H2,22,23)/b17-5-. The Balaban J connectivity index is 2.12. The Labute approximate surface area is 159 Å². The van der Waals surface area contributed by atoms with Crippen molar-refractivity contribution in [2.24, 2.45) is 10.7 Å². The lowest BCUT2D eigenvalue weighted by Crippen LogP contribution is -2.47. The van der Waals surface area contributed by atoms with Crippen molar-refractivity contribution in [1.82, 2.24) is 20.7 Å². The zero-order valence-corrected chi connectivity index (χ0v) is 15.9. The average molecular weight is 370 g/mol. The molecule has 2 heterocycles. The van der Waals surface area contributed by atoms with Gasteiger partial charge < -0.3 is 21.0 Å². The van der Waals surface area contributed by atoms with Gasteiger partial charge in [0, 0.05) is 31.8 Å². The summed E-state index contributed by atoms with van der Waals surface area (Å²) >= 11 is 0. The van der Waals surface area contributed by atoms with E-state index in [4.69, 9.17) is 5.73 Å². The summed E-state index contributed by atoms with van der Waals surface area (Å²) in [5, 5.41) is 0. The van der Waals surface area contributed by atoms with E-state index in [9.17, 15) is 4.39 Å². The summed E-state index contributed by atoms with van der Waals surface area (Å²) < 4.78 is 13.5. The molecule has 3 rings (SSSR count). The van der Waals surface area contributed by atoms with Crippen LogP contribution in [0.2, 0.25) is 0 Å². The van der Waals surface area contributed by atoms with Gasteiger partial charge in [-0.2, -0.15) is 0 Å². The maximum absolute atomic E-state index is 13.5. The van der Waals surface area contributed by atoms with Gasteiger partial charge in [0.2, 0.25) is 0 Å². The molecule has 1 unspecified atom stereocenters. The van der Waals surface area contributed by atoms with E-state index in [1.165, 1.54) is 18.5 Å². The second kappa shape index (κ2) is 7.94. The normalized spacial score (nSPS) is 24.6. The second-order valence-corrected chi connectivity index (χ2v) is 6.96. The molecule has 1 aromatic rings. The summed E-state index contributed by atoms with van der Waals surface area (Å²) in [6, 6.07) is 6.51. The van der Waals surface area contributed by atoms with E-state index in [0.717, 1.165) is 43.1 Å². The predicted octanol–water partition coefficient (Wildman–Crippen LogP) is 1.66. The summed E-state index contributed by atoms with van der Waals surface area (Å²) in [5.41, 5.74) is 14.3. The lowest BCUT2D eigenvalue weighted by atomic mass is 9.83. The van der Waals surface area contributed by atoms with Crippen LogP contribution in [0.4, 0.5) is 4.39 Å². The first-order valence-electron chi connectivity index (χ1n) is 9.04. The van der Waals surface area contributed by atoms with Gasteiger partial charge in [0.15, 0.2) is 0 Å². The minimum absolute atomic E-state index is 0.264. The van der Waals surface area contributed by atoms with Crippen molar-refractivity contribution in [2.45, 2.75) is 12.5 Å². The maximum Gasteiger partial charge on any atom is 0.124 e. The van der Waals surface area contributed by atoms with Gasteiger partial charge in [0.05, 0.1) is 17.6 Å². The molecule has 0 aliphatic carbocycles. The number of hydrogen-bond donors (Lipinski definition) is 3. The Morgan fingerprint density at radius 2 is 1.93 bits per heavy atom. The highest BCUT2D eigenvalue weighted by atomic mass is 19.1. The molecule has 0 aromatic heterocycles. The molecule has 4 N–H and O–H groups in total. The summed E-state index contributed by atoms with van der Waals surface area (Å²) in [6.07, 6.45) is 4.82. The fourth-order valence-corrected chi connectivity index (χ4v) is 3.57. The summed E-state index contributed by atoms with van der Waals surface area (Å²) in [4.78, 5) is 9.00. The van der Waals surface area contributed by atoms with Crippen LogP contribution in [0.5, 0.6) is 0 Å². The lowest BCUT2D eigenvalue weighted by molar-refractivity contribution is 0.177. The molecule has 1 fully saturated rings. The fourth-order valence-electron chi connectivity index (χ4n) is 3.57. The van der Waals surface area contributed by atoms with Crippen LogP contribution in [-0.4, -0.2) is 49.4 Å². The van der Waals surface area contributed by atoms with Gasteiger partial charge in [0.1, 0.15) is 11.6 Å². The molecule has 0 amide bonds. The van der Waals surface area contributed by atoms with Crippen molar-refractivity contribution in [2.75, 3.05) is 33.2 Å². The van der Waals surface area contributed by atoms with Crippen LogP contribution in [0.3, 0.4) is 0 Å². The Kier molecular flexibility index (Phi) is 5.62. The summed E-state index contributed by atoms with van der Waals surface area (Å²) in [5.74, 6) is 0.702. The molecule has 6 nitrogen and oxygen atoms in total. The van der Waals surface area contributed by atoms with Crippen LogP contribution in [0.25, 0.3) is 0 Å².